The van der Waals surface area contributed by atoms with Gasteiger partial charge in [-0.1, -0.05) is 24.6 Å². The Bertz CT molecular complexity index is 584. The molecule has 0 bridgehead atoms. The maximum absolute atomic E-state index is 12.7. The Balaban J connectivity index is 2.28. The molecule has 1 heterocycles. The summed E-state index contributed by atoms with van der Waals surface area (Å²) >= 11 is 0. The summed E-state index contributed by atoms with van der Waals surface area (Å²) in [4.78, 5) is 12.5. The van der Waals surface area contributed by atoms with E-state index in [0.29, 0.717) is 13.0 Å². The molecule has 1 aromatic carbocycles. The van der Waals surface area contributed by atoms with E-state index in [9.17, 15) is 13.2 Å². The lowest BCUT2D eigenvalue weighted by molar-refractivity contribution is -0.126. The lowest BCUT2D eigenvalue weighted by atomic mass is 10.0. The Kier molecular flexibility index (Phi) is 5.00. The van der Waals surface area contributed by atoms with E-state index in [4.69, 9.17) is 0 Å². The summed E-state index contributed by atoms with van der Waals surface area (Å²) in [7, 11) is -3.62. The molecule has 6 heteroatoms. The van der Waals surface area contributed by atoms with Gasteiger partial charge in [-0.15, -0.1) is 0 Å². The molecule has 1 aromatic rings. The first kappa shape index (κ1) is 16.0. The van der Waals surface area contributed by atoms with Crippen LogP contribution >= 0.6 is 0 Å². The molecule has 0 aliphatic carbocycles. The van der Waals surface area contributed by atoms with Crippen molar-refractivity contribution >= 4 is 15.9 Å². The maximum Gasteiger partial charge on any atom is 0.243 e. The zero-order valence-corrected chi connectivity index (χ0v) is 13.3. The van der Waals surface area contributed by atoms with Crippen LogP contribution in [0.3, 0.4) is 0 Å². The van der Waals surface area contributed by atoms with E-state index < -0.39 is 16.1 Å². The zero-order chi connectivity index (χ0) is 15.5. The predicted octanol–water partition coefficient (Wildman–Crippen LogP) is 1.75. The summed E-state index contributed by atoms with van der Waals surface area (Å²) < 4.78 is 26.8. The number of carbonyl (C=O) groups excluding carboxylic acids is 1. The van der Waals surface area contributed by atoms with Gasteiger partial charge in [-0.2, -0.15) is 4.31 Å². The average molecular weight is 310 g/mol. The number of hydrogen-bond acceptors (Lipinski definition) is 3. The quantitative estimate of drug-likeness (QED) is 0.921. The molecule has 21 heavy (non-hydrogen) atoms. The van der Waals surface area contributed by atoms with Crippen molar-refractivity contribution in [1.29, 1.82) is 0 Å². The molecule has 1 N–H and O–H groups in total. The van der Waals surface area contributed by atoms with Crippen molar-refractivity contribution in [3.8, 4) is 0 Å². The highest BCUT2D eigenvalue weighted by atomic mass is 32.2. The summed E-state index contributed by atoms with van der Waals surface area (Å²) in [5, 5.41) is 2.82. The van der Waals surface area contributed by atoms with Crippen LogP contribution in [0.1, 0.15) is 33.1 Å². The molecule has 0 saturated carbocycles. The van der Waals surface area contributed by atoms with Gasteiger partial charge in [0.25, 0.3) is 0 Å². The third-order valence-electron chi connectivity index (χ3n) is 3.54. The summed E-state index contributed by atoms with van der Waals surface area (Å²) in [6.45, 7) is 4.14. The van der Waals surface area contributed by atoms with Crippen molar-refractivity contribution in [1.82, 2.24) is 9.62 Å². The minimum Gasteiger partial charge on any atom is -0.353 e. The van der Waals surface area contributed by atoms with Gasteiger partial charge in [0.1, 0.15) is 6.04 Å². The number of nitrogens with zero attached hydrogens (tertiary/aromatic N) is 1. The van der Waals surface area contributed by atoms with Gasteiger partial charge in [0.2, 0.25) is 15.9 Å². The highest BCUT2D eigenvalue weighted by Gasteiger charge is 2.37. The molecule has 5 nitrogen and oxygen atoms in total. The van der Waals surface area contributed by atoms with Crippen LogP contribution in [0.5, 0.6) is 0 Å². The van der Waals surface area contributed by atoms with E-state index in [1.54, 1.807) is 30.3 Å². The van der Waals surface area contributed by atoms with Crippen molar-refractivity contribution in [2.45, 2.75) is 50.1 Å². The lowest BCUT2D eigenvalue weighted by Crippen LogP contribution is -2.52. The minimum atomic E-state index is -3.62. The largest absolute Gasteiger partial charge is 0.353 e. The summed E-state index contributed by atoms with van der Waals surface area (Å²) in [5.74, 6) is -0.204. The molecule has 1 aliphatic heterocycles. The Morgan fingerprint density at radius 3 is 2.52 bits per heavy atom. The van der Waals surface area contributed by atoms with Gasteiger partial charge in [0, 0.05) is 12.6 Å². The smallest absolute Gasteiger partial charge is 0.243 e. The zero-order valence-electron chi connectivity index (χ0n) is 12.5. The summed E-state index contributed by atoms with van der Waals surface area (Å²) in [6.07, 6.45) is 2.24. The molecule has 2 rings (SSSR count). The molecular formula is C15H22N2O3S. The van der Waals surface area contributed by atoms with E-state index in [-0.39, 0.29) is 16.8 Å². The van der Waals surface area contributed by atoms with E-state index in [1.165, 1.54) is 4.31 Å². The Morgan fingerprint density at radius 1 is 1.24 bits per heavy atom. The molecule has 1 amide bonds. The molecule has 1 saturated heterocycles. The van der Waals surface area contributed by atoms with Crippen molar-refractivity contribution in [3.05, 3.63) is 30.3 Å². The van der Waals surface area contributed by atoms with Gasteiger partial charge < -0.3 is 5.32 Å². The van der Waals surface area contributed by atoms with Crippen LogP contribution in [0.4, 0.5) is 0 Å². The monoisotopic (exact) mass is 310 g/mol. The number of nitrogens with one attached hydrogen (secondary N) is 1. The molecule has 0 spiro atoms. The molecule has 1 fully saturated rings. The molecule has 1 unspecified atom stereocenters. The van der Waals surface area contributed by atoms with Gasteiger partial charge in [-0.3, -0.25) is 4.79 Å². The van der Waals surface area contributed by atoms with Gasteiger partial charge in [-0.25, -0.2) is 8.42 Å². The number of piperidine rings is 1. The van der Waals surface area contributed by atoms with Crippen LogP contribution in [0.15, 0.2) is 35.2 Å². The van der Waals surface area contributed by atoms with E-state index >= 15 is 0 Å². The standard InChI is InChI=1S/C15H22N2O3S/c1-12(2)16-15(18)14-10-6-7-11-17(14)21(19,20)13-8-4-3-5-9-13/h3-5,8-9,12,14H,6-7,10-11H2,1-2H3,(H,16,18). The van der Waals surface area contributed by atoms with Crippen molar-refractivity contribution in [3.63, 3.8) is 0 Å². The average Bonchev–Trinajstić information content (AvgIpc) is 2.47. The van der Waals surface area contributed by atoms with Crippen LogP contribution in [0, 0.1) is 0 Å². The van der Waals surface area contributed by atoms with Crippen LogP contribution in [0.2, 0.25) is 0 Å². The highest BCUT2D eigenvalue weighted by Crippen LogP contribution is 2.25. The number of sulfonamides is 1. The first-order chi connectivity index (χ1) is 9.93. The fourth-order valence-corrected chi connectivity index (χ4v) is 4.24. The first-order valence-corrected chi connectivity index (χ1v) is 8.74. The molecule has 0 radical (unpaired) electrons. The number of carbonyl (C=O) groups is 1. The molecule has 1 atom stereocenters. The minimum absolute atomic E-state index is 0.000654. The second kappa shape index (κ2) is 6.58. The van der Waals surface area contributed by atoms with E-state index in [2.05, 4.69) is 5.32 Å². The van der Waals surface area contributed by atoms with Crippen molar-refractivity contribution < 1.29 is 13.2 Å². The normalized spacial score (nSPS) is 20.4. The first-order valence-electron chi connectivity index (χ1n) is 7.30. The topological polar surface area (TPSA) is 66.5 Å². The fourth-order valence-electron chi connectivity index (χ4n) is 2.56. The van der Waals surface area contributed by atoms with Crippen LogP contribution in [0.25, 0.3) is 0 Å². The number of amides is 1. The van der Waals surface area contributed by atoms with E-state index in [0.717, 1.165) is 12.8 Å². The molecule has 1 aliphatic rings. The van der Waals surface area contributed by atoms with Gasteiger partial charge in [0.15, 0.2) is 0 Å². The lowest BCUT2D eigenvalue weighted by Gasteiger charge is -2.34. The second-order valence-electron chi connectivity index (χ2n) is 5.60. The Morgan fingerprint density at radius 2 is 1.90 bits per heavy atom. The van der Waals surface area contributed by atoms with Crippen LogP contribution in [-0.2, 0) is 14.8 Å². The third-order valence-corrected chi connectivity index (χ3v) is 5.46. The second-order valence-corrected chi connectivity index (χ2v) is 7.49. The van der Waals surface area contributed by atoms with E-state index in [1.807, 2.05) is 13.8 Å². The molecular weight excluding hydrogens is 288 g/mol. The van der Waals surface area contributed by atoms with Crippen LogP contribution < -0.4 is 5.32 Å². The highest BCUT2D eigenvalue weighted by molar-refractivity contribution is 7.89. The van der Waals surface area contributed by atoms with Crippen molar-refractivity contribution in [2.75, 3.05) is 6.54 Å². The van der Waals surface area contributed by atoms with Gasteiger partial charge in [0.05, 0.1) is 4.90 Å². The number of rotatable bonds is 4. The SMILES string of the molecule is CC(C)NC(=O)C1CCCCN1S(=O)(=O)c1ccccc1. The summed E-state index contributed by atoms with van der Waals surface area (Å²) in [6, 6.07) is 7.70. The summed E-state index contributed by atoms with van der Waals surface area (Å²) in [5.41, 5.74) is 0. The van der Waals surface area contributed by atoms with Gasteiger partial charge in [-0.05, 0) is 38.8 Å². The molecule has 116 valence electrons. The number of hydrogen-bond donors (Lipinski definition) is 1. The Hall–Kier alpha value is -1.40. The van der Waals surface area contributed by atoms with Crippen LogP contribution in [-0.4, -0.2) is 37.3 Å². The number of benzene rings is 1. The Labute approximate surface area is 126 Å². The third kappa shape index (κ3) is 3.63. The van der Waals surface area contributed by atoms with Crippen molar-refractivity contribution in [2.24, 2.45) is 0 Å². The van der Waals surface area contributed by atoms with Gasteiger partial charge >= 0.3 is 0 Å². The maximum atomic E-state index is 12.7. The predicted molar refractivity (Wildman–Crippen MR) is 81.3 cm³/mol. The fraction of sp³-hybridized carbons (Fsp3) is 0.533. The molecule has 0 aromatic heterocycles.